The summed E-state index contributed by atoms with van der Waals surface area (Å²) in [6.45, 7) is 0. The molecular formula is C21H21NO3. The molecule has 0 spiro atoms. The van der Waals surface area contributed by atoms with Gasteiger partial charge in [-0.2, -0.15) is 0 Å². The zero-order valence-electron chi connectivity index (χ0n) is 14.1. The third-order valence-electron chi connectivity index (χ3n) is 5.35. The molecule has 0 saturated heterocycles. The van der Waals surface area contributed by atoms with Crippen molar-refractivity contribution in [3.05, 3.63) is 71.3 Å². The number of ether oxygens (including phenoxy) is 1. The quantitative estimate of drug-likeness (QED) is 0.826. The summed E-state index contributed by atoms with van der Waals surface area (Å²) in [5.41, 5.74) is 3.86. The number of rotatable bonds is 4. The van der Waals surface area contributed by atoms with Crippen LogP contribution in [-0.2, 0) is 6.42 Å². The Balaban J connectivity index is 1.63. The molecule has 0 fully saturated rings. The van der Waals surface area contributed by atoms with Crippen molar-refractivity contribution >= 4 is 11.7 Å². The second kappa shape index (κ2) is 6.28. The lowest BCUT2D eigenvalue weighted by Crippen LogP contribution is -2.37. The molecule has 2 N–H and O–H groups in total. The van der Waals surface area contributed by atoms with Gasteiger partial charge < -0.3 is 15.2 Å². The van der Waals surface area contributed by atoms with Crippen molar-refractivity contribution in [3.8, 4) is 5.75 Å². The second-order valence-electron chi connectivity index (χ2n) is 6.74. The molecule has 1 aliphatic carbocycles. The van der Waals surface area contributed by atoms with E-state index in [0.717, 1.165) is 29.8 Å². The summed E-state index contributed by atoms with van der Waals surface area (Å²) in [6, 6.07) is 13.7. The van der Waals surface area contributed by atoms with Gasteiger partial charge in [-0.3, -0.25) is 0 Å². The first-order chi connectivity index (χ1) is 12.2. The van der Waals surface area contributed by atoms with Gasteiger partial charge in [0.15, 0.2) is 0 Å². The normalized spacial score (nSPS) is 23.5. The molecular weight excluding hydrogens is 314 g/mol. The van der Waals surface area contributed by atoms with Crippen LogP contribution >= 0.6 is 0 Å². The maximum absolute atomic E-state index is 11.0. The monoisotopic (exact) mass is 335 g/mol. The SMILES string of the molecule is COc1cccc2c1NC(Cc1ccc(C(=O)O)cc1)C1CC=CC21. The van der Waals surface area contributed by atoms with Crippen LogP contribution in [0.4, 0.5) is 5.69 Å². The zero-order chi connectivity index (χ0) is 17.4. The molecule has 0 saturated carbocycles. The highest BCUT2D eigenvalue weighted by atomic mass is 16.5. The number of fused-ring (bicyclic) bond motifs is 3. The molecule has 4 nitrogen and oxygen atoms in total. The van der Waals surface area contributed by atoms with Gasteiger partial charge in [0.25, 0.3) is 0 Å². The summed E-state index contributed by atoms with van der Waals surface area (Å²) in [4.78, 5) is 11.0. The standard InChI is InChI=1S/C21H21NO3/c1-25-19-7-3-6-17-15-4-2-5-16(15)18(22-20(17)19)12-13-8-10-14(11-9-13)21(23)24/h2-4,6-11,15-16,18,22H,5,12H2,1H3,(H,23,24). The van der Waals surface area contributed by atoms with Gasteiger partial charge in [0, 0.05) is 12.0 Å². The fourth-order valence-corrected chi connectivity index (χ4v) is 4.10. The van der Waals surface area contributed by atoms with E-state index < -0.39 is 5.97 Å². The van der Waals surface area contributed by atoms with Crippen molar-refractivity contribution in [2.24, 2.45) is 5.92 Å². The van der Waals surface area contributed by atoms with Gasteiger partial charge in [-0.15, -0.1) is 0 Å². The van der Waals surface area contributed by atoms with Crippen molar-refractivity contribution < 1.29 is 14.6 Å². The molecule has 0 radical (unpaired) electrons. The van der Waals surface area contributed by atoms with E-state index in [9.17, 15) is 4.79 Å². The van der Waals surface area contributed by atoms with Gasteiger partial charge in [0.1, 0.15) is 5.75 Å². The van der Waals surface area contributed by atoms with E-state index in [0.29, 0.717) is 23.4 Å². The number of hydrogen-bond donors (Lipinski definition) is 2. The fourth-order valence-electron chi connectivity index (χ4n) is 4.10. The number of allylic oxidation sites excluding steroid dienone is 2. The number of anilines is 1. The van der Waals surface area contributed by atoms with Gasteiger partial charge in [0.05, 0.1) is 18.4 Å². The topological polar surface area (TPSA) is 58.6 Å². The number of aromatic carboxylic acids is 1. The molecule has 4 rings (SSSR count). The van der Waals surface area contributed by atoms with Crippen molar-refractivity contribution in [2.45, 2.75) is 24.8 Å². The van der Waals surface area contributed by atoms with Gasteiger partial charge in [0.2, 0.25) is 0 Å². The predicted molar refractivity (Wildman–Crippen MR) is 97.5 cm³/mol. The summed E-state index contributed by atoms with van der Waals surface area (Å²) in [5, 5.41) is 12.7. The molecule has 2 aliphatic rings. The summed E-state index contributed by atoms with van der Waals surface area (Å²) in [7, 11) is 1.70. The molecule has 3 unspecified atom stereocenters. The lowest BCUT2D eigenvalue weighted by molar-refractivity contribution is 0.0697. The molecule has 2 aromatic carbocycles. The molecule has 1 aliphatic heterocycles. The average Bonchev–Trinajstić information content (AvgIpc) is 3.12. The Morgan fingerprint density at radius 2 is 2.04 bits per heavy atom. The molecule has 4 heteroatoms. The zero-order valence-corrected chi connectivity index (χ0v) is 14.1. The van der Waals surface area contributed by atoms with Gasteiger partial charge in [-0.1, -0.05) is 36.4 Å². The Morgan fingerprint density at radius 3 is 2.76 bits per heavy atom. The Hall–Kier alpha value is -2.75. The summed E-state index contributed by atoms with van der Waals surface area (Å²) in [5.74, 6) is 0.914. The fraction of sp³-hybridized carbons (Fsp3) is 0.286. The number of para-hydroxylation sites is 1. The van der Waals surface area contributed by atoms with E-state index in [1.165, 1.54) is 5.56 Å². The highest BCUT2D eigenvalue weighted by molar-refractivity contribution is 5.87. The van der Waals surface area contributed by atoms with Crippen LogP contribution in [0, 0.1) is 5.92 Å². The Bertz CT molecular complexity index is 826. The molecule has 128 valence electrons. The van der Waals surface area contributed by atoms with Crippen LogP contribution < -0.4 is 10.1 Å². The van der Waals surface area contributed by atoms with E-state index in [1.807, 2.05) is 24.3 Å². The number of carbonyl (C=O) groups is 1. The van der Waals surface area contributed by atoms with E-state index in [2.05, 4.69) is 23.5 Å². The van der Waals surface area contributed by atoms with Crippen LogP contribution in [-0.4, -0.2) is 24.2 Å². The van der Waals surface area contributed by atoms with Crippen LogP contribution in [0.25, 0.3) is 0 Å². The minimum absolute atomic E-state index is 0.291. The van der Waals surface area contributed by atoms with Crippen molar-refractivity contribution in [1.29, 1.82) is 0 Å². The van der Waals surface area contributed by atoms with Gasteiger partial charge in [-0.05, 0) is 48.1 Å². The Kier molecular flexibility index (Phi) is 3.96. The first-order valence-corrected chi connectivity index (χ1v) is 8.59. The first kappa shape index (κ1) is 15.8. The highest BCUT2D eigenvalue weighted by Crippen LogP contribution is 2.48. The number of carboxylic acid groups (broad SMARTS) is 1. The maximum atomic E-state index is 11.0. The van der Waals surface area contributed by atoms with Gasteiger partial charge >= 0.3 is 5.97 Å². The highest BCUT2D eigenvalue weighted by Gasteiger charge is 2.38. The molecule has 2 aromatic rings. The molecule has 1 heterocycles. The van der Waals surface area contributed by atoms with Crippen molar-refractivity contribution in [1.82, 2.24) is 0 Å². The first-order valence-electron chi connectivity index (χ1n) is 8.59. The third kappa shape index (κ3) is 2.78. The number of nitrogens with one attached hydrogen (secondary N) is 1. The smallest absolute Gasteiger partial charge is 0.335 e. The third-order valence-corrected chi connectivity index (χ3v) is 5.35. The molecule has 0 bridgehead atoms. The molecule has 0 amide bonds. The maximum Gasteiger partial charge on any atom is 0.335 e. The Labute approximate surface area is 147 Å². The van der Waals surface area contributed by atoms with Crippen LogP contribution in [0.5, 0.6) is 5.75 Å². The molecule has 3 atom stereocenters. The number of hydrogen-bond acceptors (Lipinski definition) is 3. The number of methoxy groups -OCH3 is 1. The van der Waals surface area contributed by atoms with E-state index in [1.54, 1.807) is 19.2 Å². The van der Waals surface area contributed by atoms with Crippen LogP contribution in [0.3, 0.4) is 0 Å². The number of benzene rings is 2. The van der Waals surface area contributed by atoms with Crippen molar-refractivity contribution in [3.63, 3.8) is 0 Å². The van der Waals surface area contributed by atoms with E-state index in [-0.39, 0.29) is 0 Å². The average molecular weight is 335 g/mol. The lowest BCUT2D eigenvalue weighted by atomic mass is 9.77. The summed E-state index contributed by atoms with van der Waals surface area (Å²) < 4.78 is 5.55. The Morgan fingerprint density at radius 1 is 1.24 bits per heavy atom. The van der Waals surface area contributed by atoms with Crippen LogP contribution in [0.15, 0.2) is 54.6 Å². The lowest BCUT2D eigenvalue weighted by Gasteiger charge is -2.38. The summed E-state index contributed by atoms with van der Waals surface area (Å²) >= 11 is 0. The molecule has 25 heavy (non-hydrogen) atoms. The minimum atomic E-state index is -0.888. The molecule has 0 aromatic heterocycles. The largest absolute Gasteiger partial charge is 0.495 e. The number of carboxylic acids is 1. The predicted octanol–water partition coefficient (Wildman–Crippen LogP) is 4.09. The van der Waals surface area contributed by atoms with Gasteiger partial charge in [-0.25, -0.2) is 4.79 Å². The van der Waals surface area contributed by atoms with E-state index >= 15 is 0 Å². The second-order valence-corrected chi connectivity index (χ2v) is 6.74. The van der Waals surface area contributed by atoms with Crippen molar-refractivity contribution in [2.75, 3.05) is 12.4 Å². The summed E-state index contributed by atoms with van der Waals surface area (Å²) in [6.07, 6.45) is 6.50. The van der Waals surface area contributed by atoms with Crippen LogP contribution in [0.2, 0.25) is 0 Å². The van der Waals surface area contributed by atoms with Crippen LogP contribution in [0.1, 0.15) is 33.8 Å². The van der Waals surface area contributed by atoms with E-state index in [4.69, 9.17) is 9.84 Å². The minimum Gasteiger partial charge on any atom is -0.495 e.